The van der Waals surface area contributed by atoms with Gasteiger partial charge in [-0.1, -0.05) is 48.5 Å². The van der Waals surface area contributed by atoms with Crippen LogP contribution in [-0.4, -0.2) is 4.57 Å². The monoisotopic (exact) mass is 280 g/mol. The molecular weight excluding hydrogens is 264 g/mol. The molecule has 0 spiro atoms. The van der Waals surface area contributed by atoms with Crippen molar-refractivity contribution in [2.75, 3.05) is 0 Å². The van der Waals surface area contributed by atoms with Crippen LogP contribution in [0.4, 0.5) is 5.69 Å². The largest absolute Gasteiger partial charge is 0.317 e. The molecule has 0 N–H and O–H groups in total. The number of aromatic nitrogens is 1. The van der Waals surface area contributed by atoms with Gasteiger partial charge in [0, 0.05) is 11.9 Å². The zero-order valence-corrected chi connectivity index (χ0v) is 12.2. The number of thiazole rings is 1. The van der Waals surface area contributed by atoms with Gasteiger partial charge in [0.05, 0.1) is 11.4 Å². The molecule has 3 rings (SSSR count). The van der Waals surface area contributed by atoms with Crippen LogP contribution in [0.15, 0.2) is 71.0 Å². The van der Waals surface area contributed by atoms with Gasteiger partial charge in [-0.2, -0.15) is 0 Å². The Balaban J connectivity index is 2.11. The molecule has 100 valence electrons. The summed E-state index contributed by atoms with van der Waals surface area (Å²) in [7, 11) is 0. The fraction of sp³-hybridized carbons (Fsp3) is 0.118. The van der Waals surface area contributed by atoms with E-state index in [4.69, 9.17) is 4.99 Å². The van der Waals surface area contributed by atoms with Gasteiger partial charge in [-0.15, -0.1) is 11.3 Å². The molecule has 3 aromatic rings. The van der Waals surface area contributed by atoms with Crippen LogP contribution in [0.25, 0.3) is 11.3 Å². The van der Waals surface area contributed by atoms with Crippen LogP contribution in [0.5, 0.6) is 0 Å². The Hall–Kier alpha value is -2.13. The van der Waals surface area contributed by atoms with Crippen LogP contribution in [0, 0.1) is 0 Å². The quantitative estimate of drug-likeness (QED) is 0.673. The summed E-state index contributed by atoms with van der Waals surface area (Å²) < 4.78 is 2.26. The minimum atomic E-state index is 0.916. The van der Waals surface area contributed by atoms with E-state index >= 15 is 0 Å². The number of hydrogen-bond acceptors (Lipinski definition) is 2. The minimum absolute atomic E-state index is 0.916. The zero-order valence-electron chi connectivity index (χ0n) is 11.4. The second-order valence-corrected chi connectivity index (χ2v) is 5.30. The van der Waals surface area contributed by atoms with E-state index in [-0.39, 0.29) is 0 Å². The Kier molecular flexibility index (Phi) is 3.79. The molecule has 20 heavy (non-hydrogen) atoms. The summed E-state index contributed by atoms with van der Waals surface area (Å²) in [4.78, 5) is 5.78. The van der Waals surface area contributed by atoms with Gasteiger partial charge in [0.15, 0.2) is 4.80 Å². The molecule has 2 aromatic carbocycles. The molecule has 0 saturated heterocycles. The zero-order chi connectivity index (χ0) is 13.8. The maximum absolute atomic E-state index is 4.74. The third kappa shape index (κ3) is 2.58. The lowest BCUT2D eigenvalue weighted by molar-refractivity contribution is 0.745. The van der Waals surface area contributed by atoms with Crippen molar-refractivity contribution in [3.05, 3.63) is 70.8 Å². The molecule has 0 radical (unpaired) electrons. The van der Waals surface area contributed by atoms with E-state index in [1.54, 1.807) is 11.3 Å². The third-order valence-electron chi connectivity index (χ3n) is 3.16. The average Bonchev–Trinajstić information content (AvgIpc) is 2.92. The molecule has 0 bridgehead atoms. The highest BCUT2D eigenvalue weighted by atomic mass is 32.1. The van der Waals surface area contributed by atoms with Crippen molar-refractivity contribution in [3.63, 3.8) is 0 Å². The van der Waals surface area contributed by atoms with Crippen molar-refractivity contribution >= 4 is 17.0 Å². The van der Waals surface area contributed by atoms with E-state index in [1.165, 1.54) is 11.3 Å². The van der Waals surface area contributed by atoms with Gasteiger partial charge in [-0.3, -0.25) is 0 Å². The van der Waals surface area contributed by atoms with E-state index in [1.807, 2.05) is 36.4 Å². The van der Waals surface area contributed by atoms with Crippen LogP contribution in [-0.2, 0) is 6.54 Å². The first-order valence-electron chi connectivity index (χ1n) is 6.72. The average molecular weight is 280 g/mol. The van der Waals surface area contributed by atoms with Crippen molar-refractivity contribution in [1.82, 2.24) is 4.57 Å². The highest BCUT2D eigenvalue weighted by Crippen LogP contribution is 2.20. The van der Waals surface area contributed by atoms with Crippen LogP contribution < -0.4 is 4.80 Å². The van der Waals surface area contributed by atoms with Crippen molar-refractivity contribution in [1.29, 1.82) is 0 Å². The summed E-state index contributed by atoms with van der Waals surface area (Å²) in [6.45, 7) is 3.07. The number of nitrogens with zero attached hydrogens (tertiary/aromatic N) is 2. The topological polar surface area (TPSA) is 17.3 Å². The van der Waals surface area contributed by atoms with Gasteiger partial charge in [0.2, 0.25) is 0 Å². The summed E-state index contributed by atoms with van der Waals surface area (Å²) in [5.41, 5.74) is 3.46. The van der Waals surface area contributed by atoms with Crippen molar-refractivity contribution in [2.45, 2.75) is 13.5 Å². The summed E-state index contributed by atoms with van der Waals surface area (Å²) in [5, 5.41) is 2.18. The maximum Gasteiger partial charge on any atom is 0.190 e. The number of rotatable bonds is 3. The van der Waals surface area contributed by atoms with Crippen LogP contribution in [0.2, 0.25) is 0 Å². The van der Waals surface area contributed by atoms with Crippen molar-refractivity contribution < 1.29 is 0 Å². The second kappa shape index (κ2) is 5.88. The molecule has 1 heterocycles. The fourth-order valence-corrected chi connectivity index (χ4v) is 3.17. The van der Waals surface area contributed by atoms with E-state index in [0.717, 1.165) is 17.0 Å². The first-order chi connectivity index (χ1) is 9.88. The van der Waals surface area contributed by atoms with Crippen LogP contribution in [0.3, 0.4) is 0 Å². The van der Waals surface area contributed by atoms with Gasteiger partial charge in [-0.25, -0.2) is 4.99 Å². The lowest BCUT2D eigenvalue weighted by Gasteiger charge is -2.05. The molecule has 0 amide bonds. The maximum atomic E-state index is 4.74. The summed E-state index contributed by atoms with van der Waals surface area (Å²) >= 11 is 1.69. The molecule has 0 aliphatic heterocycles. The van der Waals surface area contributed by atoms with Gasteiger partial charge >= 0.3 is 0 Å². The summed E-state index contributed by atoms with van der Waals surface area (Å²) in [6.07, 6.45) is 0. The smallest absolute Gasteiger partial charge is 0.190 e. The fourth-order valence-electron chi connectivity index (χ4n) is 2.18. The summed E-state index contributed by atoms with van der Waals surface area (Å²) in [5.74, 6) is 0. The molecule has 3 heteroatoms. The Bertz CT molecular complexity index is 739. The van der Waals surface area contributed by atoms with Gasteiger partial charge in [0.1, 0.15) is 0 Å². The van der Waals surface area contributed by atoms with E-state index in [0.29, 0.717) is 0 Å². The lowest BCUT2D eigenvalue weighted by Crippen LogP contribution is -2.14. The van der Waals surface area contributed by atoms with Crippen LogP contribution in [0.1, 0.15) is 6.92 Å². The molecular formula is C17H16N2S. The second-order valence-electron chi connectivity index (χ2n) is 4.46. The Morgan fingerprint density at radius 2 is 1.60 bits per heavy atom. The minimum Gasteiger partial charge on any atom is -0.317 e. The summed E-state index contributed by atoms with van der Waals surface area (Å²) in [6, 6.07) is 20.6. The van der Waals surface area contributed by atoms with Crippen molar-refractivity contribution in [3.8, 4) is 11.3 Å². The molecule has 1 aromatic heterocycles. The highest BCUT2D eigenvalue weighted by molar-refractivity contribution is 7.07. The number of benzene rings is 2. The Labute approximate surface area is 122 Å². The van der Waals surface area contributed by atoms with E-state index in [2.05, 4.69) is 41.1 Å². The molecule has 0 aliphatic rings. The molecule has 2 nitrogen and oxygen atoms in total. The number of hydrogen-bond donors (Lipinski definition) is 0. The van der Waals surface area contributed by atoms with E-state index < -0.39 is 0 Å². The lowest BCUT2D eigenvalue weighted by atomic mass is 10.2. The van der Waals surface area contributed by atoms with Gasteiger partial charge < -0.3 is 4.57 Å². The predicted octanol–water partition coefficient (Wildman–Crippen LogP) is 4.47. The Morgan fingerprint density at radius 1 is 0.950 bits per heavy atom. The van der Waals surface area contributed by atoms with Crippen molar-refractivity contribution in [2.24, 2.45) is 4.99 Å². The van der Waals surface area contributed by atoms with Crippen LogP contribution >= 0.6 is 11.3 Å². The first-order valence-corrected chi connectivity index (χ1v) is 7.60. The standard InChI is InChI=1S/C17H16N2S/c1-2-19-16(14-9-5-3-6-10-14)13-20-17(19)18-15-11-7-4-8-12-15/h3-13H,2H2,1H3. The third-order valence-corrected chi connectivity index (χ3v) is 4.03. The van der Waals surface area contributed by atoms with E-state index in [9.17, 15) is 0 Å². The molecule has 0 fully saturated rings. The Morgan fingerprint density at radius 3 is 2.25 bits per heavy atom. The molecule has 0 saturated carbocycles. The molecule has 0 atom stereocenters. The normalized spacial score (nSPS) is 11.8. The first kappa shape index (κ1) is 12.9. The van der Waals surface area contributed by atoms with Gasteiger partial charge in [0.25, 0.3) is 0 Å². The SMILES string of the molecule is CCn1c(-c2ccccc2)csc1=Nc1ccccc1. The highest BCUT2D eigenvalue weighted by Gasteiger charge is 2.05. The number of para-hydroxylation sites is 1. The predicted molar refractivity (Wildman–Crippen MR) is 85.1 cm³/mol. The van der Waals surface area contributed by atoms with Gasteiger partial charge in [-0.05, 0) is 24.6 Å². The molecule has 0 aliphatic carbocycles. The molecule has 0 unspecified atom stereocenters.